The average Bonchev–Trinajstić information content (AvgIpc) is 3.08. The number of carbonyl (C=O) groups excluding carboxylic acids is 1. The lowest BCUT2D eigenvalue weighted by Crippen LogP contribution is -2.53. The van der Waals surface area contributed by atoms with Crippen LogP contribution in [0.5, 0.6) is 5.75 Å². The van der Waals surface area contributed by atoms with Gasteiger partial charge in [-0.15, -0.1) is 0 Å². The Hall–Kier alpha value is -2.70. The van der Waals surface area contributed by atoms with Gasteiger partial charge in [0.2, 0.25) is 0 Å². The number of para-hydroxylation sites is 2. The Bertz CT molecular complexity index is 665. The molecule has 1 fully saturated rings. The molecule has 7 heteroatoms. The van der Waals surface area contributed by atoms with Crippen LogP contribution in [0.15, 0.2) is 43.0 Å². The fraction of sp³-hybridized carbons (Fsp3) is 0.412. The van der Waals surface area contributed by atoms with E-state index in [-0.39, 0.29) is 17.8 Å². The Morgan fingerprint density at radius 2 is 2.04 bits per heavy atom. The van der Waals surface area contributed by atoms with Crippen molar-refractivity contribution in [2.24, 2.45) is 0 Å². The first-order valence-corrected chi connectivity index (χ1v) is 8.17. The zero-order valence-corrected chi connectivity index (χ0v) is 13.8. The van der Waals surface area contributed by atoms with Crippen LogP contribution < -0.4 is 10.2 Å². The molecular formula is C17H23N5O2. The number of phenols is 1. The van der Waals surface area contributed by atoms with Gasteiger partial charge in [0.25, 0.3) is 0 Å². The molecule has 0 saturated carbocycles. The van der Waals surface area contributed by atoms with E-state index in [1.807, 2.05) is 40.8 Å². The number of aromatic nitrogens is 2. The minimum Gasteiger partial charge on any atom is -0.506 e. The van der Waals surface area contributed by atoms with Crippen molar-refractivity contribution in [3.63, 3.8) is 0 Å². The molecule has 1 aromatic heterocycles. The number of rotatable bonds is 4. The van der Waals surface area contributed by atoms with E-state index >= 15 is 0 Å². The molecule has 0 spiro atoms. The second-order valence-corrected chi connectivity index (χ2v) is 6.07. The van der Waals surface area contributed by atoms with Gasteiger partial charge in [-0.2, -0.15) is 0 Å². The zero-order chi connectivity index (χ0) is 16.9. The van der Waals surface area contributed by atoms with E-state index in [2.05, 4.69) is 15.2 Å². The molecule has 2 aromatic rings. The van der Waals surface area contributed by atoms with Crippen molar-refractivity contribution in [2.45, 2.75) is 19.5 Å². The quantitative estimate of drug-likeness (QED) is 0.892. The van der Waals surface area contributed by atoms with Crippen LogP contribution in [0.3, 0.4) is 0 Å². The summed E-state index contributed by atoms with van der Waals surface area (Å²) in [7, 11) is 0. The van der Waals surface area contributed by atoms with Gasteiger partial charge in [-0.3, -0.25) is 0 Å². The van der Waals surface area contributed by atoms with E-state index in [0.717, 1.165) is 5.69 Å². The predicted octanol–water partition coefficient (Wildman–Crippen LogP) is 1.51. The molecule has 0 bridgehead atoms. The number of aromatic hydroxyl groups is 1. The molecule has 0 radical (unpaired) electrons. The van der Waals surface area contributed by atoms with Crippen LogP contribution in [0.1, 0.15) is 6.92 Å². The second-order valence-electron chi connectivity index (χ2n) is 6.07. The Labute approximate surface area is 141 Å². The highest BCUT2D eigenvalue weighted by Gasteiger charge is 2.23. The highest BCUT2D eigenvalue weighted by atomic mass is 16.3. The van der Waals surface area contributed by atoms with Crippen molar-refractivity contribution in [3.8, 4) is 5.75 Å². The maximum Gasteiger partial charge on any atom is 0.317 e. The Balaban J connectivity index is 1.49. The first-order valence-electron chi connectivity index (χ1n) is 8.17. The SMILES string of the molecule is C[C@H](Cn1ccnc1)NC(=O)N1CCN(c2ccccc2O)CC1. The summed E-state index contributed by atoms with van der Waals surface area (Å²) in [6, 6.07) is 7.29. The number of hydrogen-bond donors (Lipinski definition) is 2. The number of nitrogens with zero attached hydrogens (tertiary/aromatic N) is 4. The van der Waals surface area contributed by atoms with Crippen LogP contribution in [0.4, 0.5) is 10.5 Å². The van der Waals surface area contributed by atoms with E-state index in [9.17, 15) is 9.90 Å². The summed E-state index contributed by atoms with van der Waals surface area (Å²) in [5.41, 5.74) is 0.825. The summed E-state index contributed by atoms with van der Waals surface area (Å²) < 4.78 is 1.95. The topological polar surface area (TPSA) is 73.6 Å². The molecule has 24 heavy (non-hydrogen) atoms. The highest BCUT2D eigenvalue weighted by Crippen LogP contribution is 2.27. The molecule has 1 aromatic carbocycles. The average molecular weight is 329 g/mol. The Kier molecular flexibility index (Phi) is 4.88. The molecule has 128 valence electrons. The van der Waals surface area contributed by atoms with E-state index < -0.39 is 0 Å². The third-order valence-electron chi connectivity index (χ3n) is 4.20. The molecule has 1 saturated heterocycles. The van der Waals surface area contributed by atoms with Gasteiger partial charge in [-0.25, -0.2) is 9.78 Å². The molecule has 3 rings (SSSR count). The van der Waals surface area contributed by atoms with Gasteiger partial charge in [0.05, 0.1) is 12.0 Å². The summed E-state index contributed by atoms with van der Waals surface area (Å²) in [6.07, 6.45) is 5.36. The highest BCUT2D eigenvalue weighted by molar-refractivity contribution is 5.75. The van der Waals surface area contributed by atoms with Crippen molar-refractivity contribution in [3.05, 3.63) is 43.0 Å². The normalized spacial score (nSPS) is 16.0. The first kappa shape index (κ1) is 16.2. The van der Waals surface area contributed by atoms with E-state index in [1.54, 1.807) is 18.6 Å². The number of anilines is 1. The van der Waals surface area contributed by atoms with Crippen LogP contribution in [0.25, 0.3) is 0 Å². The van der Waals surface area contributed by atoms with Gasteiger partial charge in [-0.05, 0) is 19.1 Å². The Morgan fingerprint density at radius 1 is 1.29 bits per heavy atom. The van der Waals surface area contributed by atoms with Gasteiger partial charge >= 0.3 is 6.03 Å². The van der Waals surface area contributed by atoms with Gasteiger partial charge in [-0.1, -0.05) is 12.1 Å². The molecule has 1 aliphatic rings. The lowest BCUT2D eigenvalue weighted by molar-refractivity contribution is 0.190. The standard InChI is InChI=1S/C17H23N5O2/c1-14(12-20-7-6-18-13-20)19-17(24)22-10-8-21(9-11-22)15-4-2-3-5-16(15)23/h2-7,13-14,23H,8-12H2,1H3,(H,19,24)/t14-/m1/s1. The van der Waals surface area contributed by atoms with Gasteiger partial charge in [0.15, 0.2) is 0 Å². The van der Waals surface area contributed by atoms with Crippen molar-refractivity contribution in [1.82, 2.24) is 19.8 Å². The van der Waals surface area contributed by atoms with E-state index in [0.29, 0.717) is 32.7 Å². The molecule has 0 aliphatic carbocycles. The third kappa shape index (κ3) is 3.79. The summed E-state index contributed by atoms with van der Waals surface area (Å²) in [5, 5.41) is 13.0. The third-order valence-corrected chi connectivity index (χ3v) is 4.20. The van der Waals surface area contributed by atoms with E-state index in [1.165, 1.54) is 0 Å². The number of amides is 2. The van der Waals surface area contributed by atoms with Crippen LogP contribution in [0.2, 0.25) is 0 Å². The minimum absolute atomic E-state index is 0.0305. The second kappa shape index (κ2) is 7.25. The maximum atomic E-state index is 12.4. The summed E-state index contributed by atoms with van der Waals surface area (Å²) in [4.78, 5) is 20.3. The number of imidazole rings is 1. The summed E-state index contributed by atoms with van der Waals surface area (Å²) in [5.74, 6) is 0.282. The number of carbonyl (C=O) groups is 1. The molecular weight excluding hydrogens is 306 g/mol. The first-order chi connectivity index (χ1) is 11.6. The monoisotopic (exact) mass is 329 g/mol. The lowest BCUT2D eigenvalue weighted by Gasteiger charge is -2.36. The molecule has 1 aliphatic heterocycles. The number of phenolic OH excluding ortho intramolecular Hbond substituents is 1. The molecule has 0 unspecified atom stereocenters. The van der Waals surface area contributed by atoms with Gasteiger partial charge in [0.1, 0.15) is 5.75 Å². The molecule has 2 amide bonds. The molecule has 7 nitrogen and oxygen atoms in total. The molecule has 2 heterocycles. The largest absolute Gasteiger partial charge is 0.506 e. The van der Waals surface area contributed by atoms with Crippen molar-refractivity contribution >= 4 is 11.7 Å². The van der Waals surface area contributed by atoms with Crippen molar-refractivity contribution in [2.75, 3.05) is 31.1 Å². The molecule has 2 N–H and O–H groups in total. The smallest absolute Gasteiger partial charge is 0.317 e. The number of nitrogens with one attached hydrogen (secondary N) is 1. The summed E-state index contributed by atoms with van der Waals surface area (Å²) >= 11 is 0. The number of benzene rings is 1. The van der Waals surface area contributed by atoms with Crippen molar-refractivity contribution in [1.29, 1.82) is 0 Å². The van der Waals surface area contributed by atoms with Crippen LogP contribution >= 0.6 is 0 Å². The predicted molar refractivity (Wildman–Crippen MR) is 92.1 cm³/mol. The number of urea groups is 1. The zero-order valence-electron chi connectivity index (χ0n) is 13.8. The van der Waals surface area contributed by atoms with Crippen LogP contribution in [-0.4, -0.2) is 57.8 Å². The summed E-state index contributed by atoms with van der Waals surface area (Å²) in [6.45, 7) is 5.37. The number of hydrogen-bond acceptors (Lipinski definition) is 4. The molecule has 1 atom stereocenters. The van der Waals surface area contributed by atoms with Crippen LogP contribution in [-0.2, 0) is 6.54 Å². The Morgan fingerprint density at radius 3 is 2.71 bits per heavy atom. The van der Waals surface area contributed by atoms with Crippen LogP contribution in [0, 0.1) is 0 Å². The number of piperazine rings is 1. The lowest BCUT2D eigenvalue weighted by atomic mass is 10.2. The van der Waals surface area contributed by atoms with Gasteiger partial charge < -0.3 is 24.8 Å². The fourth-order valence-electron chi connectivity index (χ4n) is 2.94. The van der Waals surface area contributed by atoms with E-state index in [4.69, 9.17) is 0 Å². The van der Waals surface area contributed by atoms with Crippen molar-refractivity contribution < 1.29 is 9.90 Å². The van der Waals surface area contributed by atoms with Gasteiger partial charge in [0, 0.05) is 51.2 Å². The minimum atomic E-state index is -0.0421. The maximum absolute atomic E-state index is 12.4. The fourth-order valence-corrected chi connectivity index (χ4v) is 2.94.